The summed E-state index contributed by atoms with van der Waals surface area (Å²) in [6.07, 6.45) is 0. The number of carbonyl (C=O) groups excluding carboxylic acids is 2. The molecule has 0 aliphatic rings. The van der Waals surface area contributed by atoms with Gasteiger partial charge in [-0.1, -0.05) is 30.3 Å². The van der Waals surface area contributed by atoms with Gasteiger partial charge in [0.05, 0.1) is 7.11 Å². The molecule has 0 aliphatic carbocycles. The lowest BCUT2D eigenvalue weighted by Gasteiger charge is -2.12. The van der Waals surface area contributed by atoms with Crippen molar-refractivity contribution in [1.29, 1.82) is 0 Å². The second-order valence-electron chi connectivity index (χ2n) is 6.37. The molecule has 0 bridgehead atoms. The van der Waals surface area contributed by atoms with Gasteiger partial charge in [-0.05, 0) is 48.0 Å². The first kappa shape index (κ1) is 20.7. The Morgan fingerprint density at radius 1 is 0.900 bits per heavy atom. The number of methoxy groups -OCH3 is 1. The summed E-state index contributed by atoms with van der Waals surface area (Å²) in [6, 6.07) is 21.6. The molecule has 7 nitrogen and oxygen atoms in total. The lowest BCUT2D eigenvalue weighted by Crippen LogP contribution is -2.20. The maximum Gasteiger partial charge on any atom is 0.255 e. The van der Waals surface area contributed by atoms with Crippen LogP contribution in [-0.2, 0) is 11.4 Å². The highest BCUT2D eigenvalue weighted by Gasteiger charge is 2.12. The predicted octanol–water partition coefficient (Wildman–Crippen LogP) is 3.39. The number of carbonyl (C=O) groups is 2. The fraction of sp³-hybridized carbons (Fsp3) is 0.130. The third kappa shape index (κ3) is 5.75. The molecular formula is C23H22N2O5. The van der Waals surface area contributed by atoms with Crippen LogP contribution >= 0.6 is 0 Å². The number of amides is 2. The van der Waals surface area contributed by atoms with Crippen LogP contribution in [0.5, 0.6) is 17.2 Å². The molecule has 0 unspecified atom stereocenters. The average molecular weight is 406 g/mol. The molecule has 0 atom stereocenters. The van der Waals surface area contributed by atoms with Crippen LogP contribution in [0.2, 0.25) is 0 Å². The Labute approximate surface area is 174 Å². The first-order valence-electron chi connectivity index (χ1n) is 9.22. The third-order valence-electron chi connectivity index (χ3n) is 4.16. The number of nitrogens with one attached hydrogen (secondary N) is 1. The van der Waals surface area contributed by atoms with Crippen molar-refractivity contribution in [2.75, 3.05) is 19.0 Å². The molecule has 0 aromatic heterocycles. The average Bonchev–Trinajstić information content (AvgIpc) is 2.77. The van der Waals surface area contributed by atoms with E-state index in [0.29, 0.717) is 35.1 Å². The van der Waals surface area contributed by atoms with E-state index in [0.717, 1.165) is 5.56 Å². The minimum atomic E-state index is -0.602. The zero-order valence-corrected chi connectivity index (χ0v) is 16.5. The molecule has 0 heterocycles. The summed E-state index contributed by atoms with van der Waals surface area (Å²) in [5, 5.41) is 2.82. The number of benzene rings is 3. The Morgan fingerprint density at radius 2 is 1.63 bits per heavy atom. The highest BCUT2D eigenvalue weighted by Crippen LogP contribution is 2.28. The Hall–Kier alpha value is -4.00. The standard InChI is InChI=1S/C23H22N2O5/c1-28-21-13-17(7-12-20(21)30-15-22(24)26)23(27)25-18-8-10-19(11-9-18)29-14-16-5-3-2-4-6-16/h2-13H,14-15H2,1H3,(H2,24,26)(H,25,27). The number of anilines is 1. The van der Waals surface area contributed by atoms with Crippen LogP contribution in [0.4, 0.5) is 5.69 Å². The molecule has 0 radical (unpaired) electrons. The van der Waals surface area contributed by atoms with Crippen LogP contribution in [0.25, 0.3) is 0 Å². The molecule has 30 heavy (non-hydrogen) atoms. The predicted molar refractivity (Wildman–Crippen MR) is 113 cm³/mol. The van der Waals surface area contributed by atoms with Crippen LogP contribution in [0.15, 0.2) is 72.8 Å². The van der Waals surface area contributed by atoms with E-state index in [1.54, 1.807) is 36.4 Å². The van der Waals surface area contributed by atoms with Gasteiger partial charge in [-0.15, -0.1) is 0 Å². The third-order valence-corrected chi connectivity index (χ3v) is 4.16. The van der Waals surface area contributed by atoms with Gasteiger partial charge in [0.1, 0.15) is 12.4 Å². The molecule has 3 aromatic rings. The topological polar surface area (TPSA) is 99.9 Å². The van der Waals surface area contributed by atoms with E-state index in [9.17, 15) is 9.59 Å². The summed E-state index contributed by atoms with van der Waals surface area (Å²) in [6.45, 7) is 0.192. The summed E-state index contributed by atoms with van der Waals surface area (Å²) in [5.74, 6) is 0.443. The maximum atomic E-state index is 12.5. The first-order chi connectivity index (χ1) is 14.5. The van der Waals surface area contributed by atoms with Crippen molar-refractivity contribution < 1.29 is 23.8 Å². The first-order valence-corrected chi connectivity index (χ1v) is 9.22. The molecule has 7 heteroatoms. The van der Waals surface area contributed by atoms with E-state index in [-0.39, 0.29) is 12.5 Å². The van der Waals surface area contributed by atoms with Crippen LogP contribution in [-0.4, -0.2) is 25.5 Å². The lowest BCUT2D eigenvalue weighted by atomic mass is 10.1. The van der Waals surface area contributed by atoms with Crippen molar-refractivity contribution in [3.63, 3.8) is 0 Å². The van der Waals surface area contributed by atoms with Gasteiger partial charge >= 0.3 is 0 Å². The van der Waals surface area contributed by atoms with Gasteiger partial charge in [-0.2, -0.15) is 0 Å². The molecule has 3 rings (SSSR count). The van der Waals surface area contributed by atoms with Crippen molar-refractivity contribution in [3.8, 4) is 17.2 Å². The number of hydrogen-bond donors (Lipinski definition) is 2. The molecule has 0 saturated carbocycles. The van der Waals surface area contributed by atoms with Gasteiger partial charge in [-0.25, -0.2) is 0 Å². The molecule has 0 spiro atoms. The van der Waals surface area contributed by atoms with E-state index in [2.05, 4.69) is 5.32 Å². The van der Waals surface area contributed by atoms with Crippen molar-refractivity contribution >= 4 is 17.5 Å². The molecule has 0 saturated heterocycles. The second-order valence-corrected chi connectivity index (χ2v) is 6.37. The van der Waals surface area contributed by atoms with Gasteiger partial charge in [0.2, 0.25) is 0 Å². The Bertz CT molecular complexity index is 1000. The van der Waals surface area contributed by atoms with Crippen molar-refractivity contribution in [2.45, 2.75) is 6.61 Å². The monoisotopic (exact) mass is 406 g/mol. The minimum absolute atomic E-state index is 0.277. The molecule has 154 valence electrons. The summed E-state index contributed by atoms with van der Waals surface area (Å²) in [4.78, 5) is 23.4. The fourth-order valence-corrected chi connectivity index (χ4v) is 2.66. The Kier molecular flexibility index (Phi) is 6.89. The molecule has 0 fully saturated rings. The van der Waals surface area contributed by atoms with Crippen molar-refractivity contribution in [1.82, 2.24) is 0 Å². The number of hydrogen-bond acceptors (Lipinski definition) is 5. The highest BCUT2D eigenvalue weighted by molar-refractivity contribution is 6.04. The van der Waals surface area contributed by atoms with Crippen molar-refractivity contribution in [3.05, 3.63) is 83.9 Å². The molecular weight excluding hydrogens is 384 g/mol. The second kappa shape index (κ2) is 9.97. The number of rotatable bonds is 9. The Balaban J connectivity index is 1.60. The lowest BCUT2D eigenvalue weighted by molar-refractivity contribution is -0.119. The van der Waals surface area contributed by atoms with E-state index in [1.165, 1.54) is 13.2 Å². The SMILES string of the molecule is COc1cc(C(=O)Nc2ccc(OCc3ccccc3)cc2)ccc1OCC(N)=O. The van der Waals surface area contributed by atoms with E-state index < -0.39 is 5.91 Å². The van der Waals surface area contributed by atoms with Crippen molar-refractivity contribution in [2.24, 2.45) is 5.73 Å². The normalized spacial score (nSPS) is 10.2. The zero-order valence-electron chi connectivity index (χ0n) is 16.5. The number of nitrogens with two attached hydrogens (primary N) is 1. The molecule has 2 amide bonds. The Morgan fingerprint density at radius 3 is 2.30 bits per heavy atom. The van der Waals surface area contributed by atoms with Gasteiger partial charge in [0, 0.05) is 11.3 Å². The molecule has 0 aliphatic heterocycles. The summed E-state index contributed by atoms with van der Waals surface area (Å²) < 4.78 is 16.2. The number of ether oxygens (including phenoxy) is 3. The quantitative estimate of drug-likeness (QED) is 0.567. The van der Waals surface area contributed by atoms with Gasteiger partial charge in [-0.3, -0.25) is 9.59 Å². The van der Waals surface area contributed by atoms with E-state index >= 15 is 0 Å². The van der Waals surface area contributed by atoms with Gasteiger partial charge in [0.25, 0.3) is 11.8 Å². The van der Waals surface area contributed by atoms with E-state index in [1.807, 2.05) is 30.3 Å². The minimum Gasteiger partial charge on any atom is -0.493 e. The van der Waals surface area contributed by atoms with Gasteiger partial charge in [0.15, 0.2) is 18.1 Å². The summed E-state index contributed by atoms with van der Waals surface area (Å²) in [5.41, 5.74) is 7.16. The van der Waals surface area contributed by atoms with E-state index in [4.69, 9.17) is 19.9 Å². The van der Waals surface area contributed by atoms with Crippen LogP contribution < -0.4 is 25.3 Å². The zero-order chi connectivity index (χ0) is 21.3. The number of primary amides is 1. The van der Waals surface area contributed by atoms with Gasteiger partial charge < -0.3 is 25.3 Å². The maximum absolute atomic E-state index is 12.5. The molecule has 3 aromatic carbocycles. The molecule has 3 N–H and O–H groups in total. The highest BCUT2D eigenvalue weighted by atomic mass is 16.5. The van der Waals surface area contributed by atoms with Crippen LogP contribution in [0, 0.1) is 0 Å². The largest absolute Gasteiger partial charge is 0.493 e. The van der Waals surface area contributed by atoms with Crippen LogP contribution in [0.1, 0.15) is 15.9 Å². The summed E-state index contributed by atoms with van der Waals surface area (Å²) in [7, 11) is 1.45. The van der Waals surface area contributed by atoms with Crippen LogP contribution in [0.3, 0.4) is 0 Å². The smallest absolute Gasteiger partial charge is 0.255 e. The fourth-order valence-electron chi connectivity index (χ4n) is 2.66. The summed E-state index contributed by atoms with van der Waals surface area (Å²) >= 11 is 0.